The summed E-state index contributed by atoms with van der Waals surface area (Å²) in [6.45, 7) is 1.05. The predicted octanol–water partition coefficient (Wildman–Crippen LogP) is 4.36. The van der Waals surface area contributed by atoms with Crippen LogP contribution < -0.4 is 14.4 Å². The maximum Gasteiger partial charge on any atom is 0.416 e. The topological polar surface area (TPSA) is 85.2 Å². The van der Waals surface area contributed by atoms with Gasteiger partial charge in [0.15, 0.2) is 11.5 Å². The van der Waals surface area contributed by atoms with Crippen LogP contribution >= 0.6 is 11.6 Å². The SMILES string of the molecule is O=C(/C=C/c1cc(Cl)c2c(c1)OCO2)N1CCN(c2ccc(C(F)(F)F)cc2[N+](=O)[O-])CC1. The Kier molecular flexibility index (Phi) is 6.07. The molecule has 1 saturated heterocycles. The third-order valence-corrected chi connectivity index (χ3v) is 5.58. The summed E-state index contributed by atoms with van der Waals surface area (Å²) in [6.07, 6.45) is -1.71. The van der Waals surface area contributed by atoms with Crippen molar-refractivity contribution in [3.63, 3.8) is 0 Å². The fraction of sp³-hybridized carbons (Fsp3) is 0.286. The van der Waals surface area contributed by atoms with Gasteiger partial charge in [0.2, 0.25) is 12.7 Å². The molecule has 2 aliphatic heterocycles. The largest absolute Gasteiger partial charge is 0.454 e. The Balaban J connectivity index is 1.42. The summed E-state index contributed by atoms with van der Waals surface area (Å²) in [5.74, 6) is 0.667. The highest BCUT2D eigenvalue weighted by Crippen LogP contribution is 2.40. The summed E-state index contributed by atoms with van der Waals surface area (Å²) < 4.78 is 49.3. The van der Waals surface area contributed by atoms with Gasteiger partial charge in [-0.15, -0.1) is 0 Å². The fourth-order valence-electron chi connectivity index (χ4n) is 3.64. The number of alkyl halides is 3. The smallest absolute Gasteiger partial charge is 0.416 e. The number of hydrogen-bond donors (Lipinski definition) is 0. The lowest BCUT2D eigenvalue weighted by atomic mass is 10.1. The highest BCUT2D eigenvalue weighted by atomic mass is 35.5. The molecular weight excluding hydrogens is 467 g/mol. The summed E-state index contributed by atoms with van der Waals surface area (Å²) in [5.41, 5.74) is -0.966. The molecule has 2 aliphatic rings. The molecule has 2 aromatic carbocycles. The summed E-state index contributed by atoms with van der Waals surface area (Å²) >= 11 is 6.13. The lowest BCUT2D eigenvalue weighted by Gasteiger charge is -2.35. The minimum absolute atomic E-state index is 0.0719. The van der Waals surface area contributed by atoms with Crippen molar-refractivity contribution in [2.75, 3.05) is 37.9 Å². The number of ether oxygens (including phenoxy) is 2. The molecular formula is C21H17ClF3N3O5. The van der Waals surface area contributed by atoms with Crippen LogP contribution in [-0.4, -0.2) is 48.7 Å². The fourth-order valence-corrected chi connectivity index (χ4v) is 3.91. The molecule has 1 fully saturated rings. The van der Waals surface area contributed by atoms with Gasteiger partial charge in [0.25, 0.3) is 5.69 Å². The van der Waals surface area contributed by atoms with Crippen molar-refractivity contribution in [1.29, 1.82) is 0 Å². The zero-order valence-corrected chi connectivity index (χ0v) is 17.7. The maximum absolute atomic E-state index is 12.9. The average Bonchev–Trinajstić information content (AvgIpc) is 3.26. The molecule has 0 radical (unpaired) electrons. The zero-order chi connectivity index (χ0) is 23.8. The molecule has 174 valence electrons. The Morgan fingerprint density at radius 2 is 1.85 bits per heavy atom. The number of carbonyl (C=O) groups is 1. The molecule has 0 spiro atoms. The van der Waals surface area contributed by atoms with E-state index in [1.54, 1.807) is 28.0 Å². The molecule has 2 heterocycles. The van der Waals surface area contributed by atoms with E-state index in [2.05, 4.69) is 0 Å². The number of benzene rings is 2. The highest BCUT2D eigenvalue weighted by molar-refractivity contribution is 6.32. The molecule has 0 aliphatic carbocycles. The number of fused-ring (bicyclic) bond motifs is 1. The van der Waals surface area contributed by atoms with E-state index < -0.39 is 22.4 Å². The van der Waals surface area contributed by atoms with Crippen LogP contribution in [0.3, 0.4) is 0 Å². The molecule has 4 rings (SSSR count). The van der Waals surface area contributed by atoms with Gasteiger partial charge in [0.1, 0.15) is 5.69 Å². The highest BCUT2D eigenvalue weighted by Gasteiger charge is 2.34. The van der Waals surface area contributed by atoms with Crippen LogP contribution in [0.15, 0.2) is 36.4 Å². The van der Waals surface area contributed by atoms with E-state index in [0.717, 1.165) is 12.1 Å². The van der Waals surface area contributed by atoms with E-state index in [1.165, 1.54) is 6.08 Å². The lowest BCUT2D eigenvalue weighted by molar-refractivity contribution is -0.384. The number of piperazine rings is 1. The number of nitrogens with zero attached hydrogens (tertiary/aromatic N) is 3. The van der Waals surface area contributed by atoms with E-state index in [-0.39, 0.29) is 44.6 Å². The second kappa shape index (κ2) is 8.81. The van der Waals surface area contributed by atoms with E-state index in [1.807, 2.05) is 0 Å². The van der Waals surface area contributed by atoms with Crippen LogP contribution in [0.1, 0.15) is 11.1 Å². The van der Waals surface area contributed by atoms with Gasteiger partial charge < -0.3 is 19.3 Å². The molecule has 0 unspecified atom stereocenters. The number of amides is 1. The van der Waals surface area contributed by atoms with Gasteiger partial charge in [0, 0.05) is 38.3 Å². The maximum atomic E-state index is 12.9. The standard InChI is InChI=1S/C21H17ClF3N3O5/c22-15-9-13(10-18-20(15)33-12-32-18)1-4-19(29)27-7-5-26(6-8-27)16-3-2-14(21(23,24)25)11-17(16)28(30)31/h1-4,9-11H,5-8,12H2/b4-1+. The molecule has 2 aromatic rings. The number of nitro benzene ring substituents is 1. The van der Waals surface area contributed by atoms with Crippen LogP contribution in [0.25, 0.3) is 6.08 Å². The van der Waals surface area contributed by atoms with Crippen molar-refractivity contribution in [2.45, 2.75) is 6.18 Å². The van der Waals surface area contributed by atoms with Crippen molar-refractivity contribution >= 4 is 35.0 Å². The van der Waals surface area contributed by atoms with Crippen molar-refractivity contribution in [2.24, 2.45) is 0 Å². The number of rotatable bonds is 4. The average molecular weight is 484 g/mol. The molecule has 0 aromatic heterocycles. The predicted molar refractivity (Wildman–Crippen MR) is 114 cm³/mol. The van der Waals surface area contributed by atoms with E-state index >= 15 is 0 Å². The molecule has 1 amide bonds. The number of anilines is 1. The summed E-state index contributed by atoms with van der Waals surface area (Å²) in [7, 11) is 0. The third-order valence-electron chi connectivity index (χ3n) is 5.30. The lowest BCUT2D eigenvalue weighted by Crippen LogP contribution is -2.48. The first-order valence-corrected chi connectivity index (χ1v) is 10.2. The summed E-state index contributed by atoms with van der Waals surface area (Å²) in [5, 5.41) is 11.7. The quantitative estimate of drug-likeness (QED) is 0.365. The van der Waals surface area contributed by atoms with Gasteiger partial charge >= 0.3 is 6.18 Å². The van der Waals surface area contributed by atoms with Crippen molar-refractivity contribution in [3.05, 3.63) is 62.7 Å². The van der Waals surface area contributed by atoms with Gasteiger partial charge in [0.05, 0.1) is 15.5 Å². The van der Waals surface area contributed by atoms with E-state index in [0.29, 0.717) is 28.2 Å². The Morgan fingerprint density at radius 1 is 1.12 bits per heavy atom. The van der Waals surface area contributed by atoms with Crippen LogP contribution in [0.5, 0.6) is 11.5 Å². The van der Waals surface area contributed by atoms with Crippen molar-refractivity contribution < 1.29 is 32.4 Å². The van der Waals surface area contributed by atoms with Gasteiger partial charge in [-0.1, -0.05) is 11.6 Å². The Hall–Kier alpha value is -3.47. The first-order valence-electron chi connectivity index (χ1n) is 9.80. The van der Waals surface area contributed by atoms with Crippen molar-refractivity contribution in [1.82, 2.24) is 4.90 Å². The molecule has 0 saturated carbocycles. The molecule has 8 nitrogen and oxygen atoms in total. The first-order chi connectivity index (χ1) is 15.6. The molecule has 33 heavy (non-hydrogen) atoms. The van der Waals surface area contributed by atoms with Crippen LogP contribution in [0.4, 0.5) is 24.5 Å². The van der Waals surface area contributed by atoms with Gasteiger partial charge in [-0.2, -0.15) is 13.2 Å². The monoisotopic (exact) mass is 483 g/mol. The Morgan fingerprint density at radius 3 is 2.52 bits per heavy atom. The normalized spacial score (nSPS) is 15.9. The number of carbonyl (C=O) groups excluding carboxylic acids is 1. The van der Waals surface area contributed by atoms with Crippen LogP contribution in [-0.2, 0) is 11.0 Å². The first kappa shape index (κ1) is 22.7. The Bertz CT molecular complexity index is 1130. The second-order valence-corrected chi connectivity index (χ2v) is 7.75. The van der Waals surface area contributed by atoms with E-state index in [9.17, 15) is 28.1 Å². The molecule has 0 bridgehead atoms. The summed E-state index contributed by atoms with van der Waals surface area (Å²) in [6, 6.07) is 5.78. The zero-order valence-electron chi connectivity index (χ0n) is 17.0. The molecule has 0 atom stereocenters. The summed E-state index contributed by atoms with van der Waals surface area (Å²) in [4.78, 5) is 26.2. The number of halogens is 4. The van der Waals surface area contributed by atoms with Crippen molar-refractivity contribution in [3.8, 4) is 11.5 Å². The van der Waals surface area contributed by atoms with E-state index in [4.69, 9.17) is 21.1 Å². The second-order valence-electron chi connectivity index (χ2n) is 7.34. The van der Waals surface area contributed by atoms with Gasteiger partial charge in [-0.3, -0.25) is 14.9 Å². The van der Waals surface area contributed by atoms with Gasteiger partial charge in [-0.05, 0) is 35.9 Å². The third kappa shape index (κ3) is 4.82. The Labute approximate surface area is 190 Å². The van der Waals surface area contributed by atoms with Gasteiger partial charge in [-0.25, -0.2) is 0 Å². The number of nitro groups is 1. The molecule has 0 N–H and O–H groups in total. The van der Waals surface area contributed by atoms with Crippen LogP contribution in [0.2, 0.25) is 5.02 Å². The minimum atomic E-state index is -4.68. The minimum Gasteiger partial charge on any atom is -0.454 e. The molecule has 12 heteroatoms. The number of hydrogen-bond acceptors (Lipinski definition) is 6. The van der Waals surface area contributed by atoms with Crippen LogP contribution in [0, 0.1) is 10.1 Å².